The van der Waals surface area contributed by atoms with E-state index in [0.29, 0.717) is 0 Å². The molecule has 4 aromatic rings. The van der Waals surface area contributed by atoms with Crippen molar-refractivity contribution in [1.82, 2.24) is 0 Å². The van der Waals surface area contributed by atoms with Gasteiger partial charge in [-0.15, -0.1) is 0 Å². The molecule has 0 atom stereocenters. The first-order chi connectivity index (χ1) is 14.6. The van der Waals surface area contributed by atoms with E-state index in [1.54, 1.807) is 21.5 Å². The molecule has 4 aromatic carbocycles. The molecule has 0 saturated carbocycles. The van der Waals surface area contributed by atoms with Gasteiger partial charge in [0, 0.05) is 0 Å². The summed E-state index contributed by atoms with van der Waals surface area (Å²) in [5.74, 6) is 0. The summed E-state index contributed by atoms with van der Waals surface area (Å²) in [7, 11) is -1.71. The van der Waals surface area contributed by atoms with Gasteiger partial charge in [0.05, 0.1) is 0 Å². The summed E-state index contributed by atoms with van der Waals surface area (Å²) < 4.78 is 0. The van der Waals surface area contributed by atoms with E-state index in [9.17, 15) is 0 Å². The fourth-order valence-electron chi connectivity index (χ4n) is 6.43. The number of rotatable bonds is 0. The summed E-state index contributed by atoms with van der Waals surface area (Å²) in [6.07, 6.45) is 8.22. The van der Waals surface area contributed by atoms with Crippen molar-refractivity contribution in [2.24, 2.45) is 0 Å². The Balaban J connectivity index is 1.68. The Hall–Kier alpha value is -2.90. The molecular formula is C29H24Si. The van der Waals surface area contributed by atoms with Gasteiger partial charge in [-0.25, -0.2) is 0 Å². The van der Waals surface area contributed by atoms with Crippen LogP contribution >= 0.6 is 0 Å². The van der Waals surface area contributed by atoms with Gasteiger partial charge in [-0.2, -0.15) is 0 Å². The van der Waals surface area contributed by atoms with Crippen molar-refractivity contribution in [3.8, 4) is 22.3 Å². The molecule has 2 aliphatic carbocycles. The lowest BCUT2D eigenvalue weighted by Crippen LogP contribution is -2.51. The summed E-state index contributed by atoms with van der Waals surface area (Å²) in [5, 5.41) is 6.26. The Morgan fingerprint density at radius 2 is 1.57 bits per heavy atom. The van der Waals surface area contributed by atoms with Crippen LogP contribution in [0.2, 0.25) is 13.1 Å². The maximum absolute atomic E-state index is 2.56. The minimum Gasteiger partial charge on any atom is -0.0836 e. The van der Waals surface area contributed by atoms with Crippen molar-refractivity contribution in [3.05, 3.63) is 89.0 Å². The summed E-state index contributed by atoms with van der Waals surface area (Å²) in [4.78, 5) is 0. The maximum atomic E-state index is 2.56. The lowest BCUT2D eigenvalue weighted by Gasteiger charge is -2.26. The van der Waals surface area contributed by atoms with E-state index in [1.165, 1.54) is 57.0 Å². The molecule has 0 nitrogen and oxygen atoms in total. The predicted octanol–water partition coefficient (Wildman–Crippen LogP) is 6.17. The van der Waals surface area contributed by atoms with E-state index in [2.05, 4.69) is 85.9 Å². The lowest BCUT2D eigenvalue weighted by atomic mass is 9.85. The van der Waals surface area contributed by atoms with Crippen molar-refractivity contribution in [2.75, 3.05) is 0 Å². The Kier molecular flexibility index (Phi) is 3.15. The highest BCUT2D eigenvalue weighted by Crippen LogP contribution is 2.45. The molecule has 0 radical (unpaired) electrons. The van der Waals surface area contributed by atoms with E-state index in [-0.39, 0.29) is 0 Å². The van der Waals surface area contributed by atoms with Crippen molar-refractivity contribution in [1.29, 1.82) is 0 Å². The van der Waals surface area contributed by atoms with Crippen LogP contribution in [0.25, 0.3) is 39.1 Å². The Morgan fingerprint density at radius 1 is 0.767 bits per heavy atom. The topological polar surface area (TPSA) is 0 Å². The normalized spacial score (nSPS) is 16.7. The Morgan fingerprint density at radius 3 is 2.47 bits per heavy atom. The maximum Gasteiger partial charge on any atom is 0.114 e. The number of hydrogen-bond donors (Lipinski definition) is 0. The fraction of sp³-hybridized carbons (Fsp3) is 0.172. The monoisotopic (exact) mass is 400 g/mol. The van der Waals surface area contributed by atoms with Gasteiger partial charge in [-0.05, 0) is 97.0 Å². The van der Waals surface area contributed by atoms with Gasteiger partial charge >= 0.3 is 0 Å². The van der Waals surface area contributed by atoms with Crippen LogP contribution in [0.15, 0.2) is 66.7 Å². The van der Waals surface area contributed by atoms with Crippen LogP contribution in [0.3, 0.4) is 0 Å². The highest BCUT2D eigenvalue weighted by Gasteiger charge is 2.41. The standard InChI is InChI=1S/C29H24Si/c1-30(2)27-14-8-7-13-23(27)28-26-17-24-19(15-18-9-3-4-10-20(18)24)16-25(26)21-11-5-6-12-22(21)29(28)30/h3-5,7-11,13-14,16-17H,6,12,15H2,1-2H3. The predicted molar refractivity (Wildman–Crippen MR) is 132 cm³/mol. The summed E-state index contributed by atoms with van der Waals surface area (Å²) in [6, 6.07) is 23.3. The van der Waals surface area contributed by atoms with E-state index in [4.69, 9.17) is 0 Å². The molecule has 0 aromatic heterocycles. The molecule has 1 heteroatoms. The number of hydrogen-bond acceptors (Lipinski definition) is 0. The molecule has 0 N–H and O–H groups in total. The summed E-state index contributed by atoms with van der Waals surface area (Å²) in [5.41, 5.74) is 12.0. The molecule has 1 heterocycles. The zero-order valence-electron chi connectivity index (χ0n) is 17.5. The van der Waals surface area contributed by atoms with Crippen molar-refractivity contribution >= 4 is 35.3 Å². The average Bonchev–Trinajstić information content (AvgIpc) is 3.25. The van der Waals surface area contributed by atoms with Gasteiger partial charge in [0.1, 0.15) is 8.07 Å². The van der Waals surface area contributed by atoms with Gasteiger partial charge in [0.15, 0.2) is 0 Å². The third-order valence-electron chi connectivity index (χ3n) is 7.71. The van der Waals surface area contributed by atoms with E-state index < -0.39 is 8.07 Å². The third kappa shape index (κ3) is 1.97. The second kappa shape index (κ2) is 5.62. The van der Waals surface area contributed by atoms with Crippen molar-refractivity contribution in [2.45, 2.75) is 32.4 Å². The molecular weight excluding hydrogens is 376 g/mol. The smallest absolute Gasteiger partial charge is 0.0836 e. The van der Waals surface area contributed by atoms with Crippen molar-refractivity contribution in [3.63, 3.8) is 0 Å². The van der Waals surface area contributed by atoms with Crippen LogP contribution in [-0.2, 0) is 12.8 Å². The van der Waals surface area contributed by atoms with Gasteiger partial charge < -0.3 is 0 Å². The molecule has 7 rings (SSSR count). The SMILES string of the molecule is C[Si]1(C)c2ccccc2-c2c1c1c(c3cc4c(cc23)-c2ccccc2C4)C=CCC1. The van der Waals surface area contributed by atoms with E-state index in [1.807, 2.05) is 0 Å². The summed E-state index contributed by atoms with van der Waals surface area (Å²) >= 11 is 0. The zero-order valence-corrected chi connectivity index (χ0v) is 18.5. The molecule has 30 heavy (non-hydrogen) atoms. The third-order valence-corrected chi connectivity index (χ3v) is 11.3. The minimum atomic E-state index is -1.71. The lowest BCUT2D eigenvalue weighted by molar-refractivity contribution is 0.997. The first-order valence-corrected chi connectivity index (χ1v) is 14.2. The number of benzene rings is 4. The van der Waals surface area contributed by atoms with Crippen LogP contribution in [0.5, 0.6) is 0 Å². The van der Waals surface area contributed by atoms with Gasteiger partial charge in [0.2, 0.25) is 0 Å². The zero-order chi connectivity index (χ0) is 20.0. The quantitative estimate of drug-likeness (QED) is 0.273. The molecule has 0 fully saturated rings. The molecule has 0 saturated heterocycles. The second-order valence-corrected chi connectivity index (χ2v) is 13.9. The molecule has 144 valence electrons. The Bertz CT molecular complexity index is 1430. The molecule has 0 spiro atoms. The van der Waals surface area contributed by atoms with E-state index >= 15 is 0 Å². The van der Waals surface area contributed by atoms with Crippen LogP contribution in [0, 0.1) is 0 Å². The van der Waals surface area contributed by atoms with Gasteiger partial charge in [-0.1, -0.05) is 73.8 Å². The molecule has 0 bridgehead atoms. The first-order valence-electron chi connectivity index (χ1n) is 11.2. The molecule has 1 aliphatic heterocycles. The highest BCUT2D eigenvalue weighted by atomic mass is 28.3. The second-order valence-electron chi connectivity index (χ2n) is 9.64. The van der Waals surface area contributed by atoms with Crippen LogP contribution in [0.1, 0.15) is 28.7 Å². The minimum absolute atomic E-state index is 1.06. The van der Waals surface area contributed by atoms with Crippen LogP contribution in [-0.4, -0.2) is 8.07 Å². The number of fused-ring (bicyclic) bond motifs is 11. The largest absolute Gasteiger partial charge is 0.114 e. The summed E-state index contributed by atoms with van der Waals surface area (Å²) in [6.45, 7) is 5.12. The number of allylic oxidation sites excluding steroid dienone is 1. The fourth-order valence-corrected chi connectivity index (χ4v) is 10.00. The molecule has 3 aliphatic rings. The van der Waals surface area contributed by atoms with Crippen LogP contribution < -0.4 is 10.4 Å². The molecule has 0 unspecified atom stereocenters. The van der Waals surface area contributed by atoms with Crippen molar-refractivity contribution < 1.29 is 0 Å². The first kappa shape index (κ1) is 16.8. The Labute approximate surface area is 178 Å². The molecule has 0 amide bonds. The van der Waals surface area contributed by atoms with Crippen LogP contribution in [0.4, 0.5) is 0 Å². The van der Waals surface area contributed by atoms with Gasteiger partial charge in [0.25, 0.3) is 0 Å². The highest BCUT2D eigenvalue weighted by molar-refractivity contribution is 7.04. The van der Waals surface area contributed by atoms with Gasteiger partial charge in [-0.3, -0.25) is 0 Å². The average molecular weight is 401 g/mol. The van der Waals surface area contributed by atoms with E-state index in [0.717, 1.165) is 6.42 Å².